The Hall–Kier alpha value is -2.54. The molecule has 138 valence electrons. The van der Waals surface area contributed by atoms with Gasteiger partial charge in [0.25, 0.3) is 5.91 Å². The summed E-state index contributed by atoms with van der Waals surface area (Å²) in [7, 11) is 1.66. The zero-order valence-electron chi connectivity index (χ0n) is 14.8. The van der Waals surface area contributed by atoms with Gasteiger partial charge in [-0.15, -0.1) is 0 Å². The minimum atomic E-state index is -0.0620. The molecule has 2 aromatic rings. The SMILES string of the molecule is COc1ccc(CCNC(=S)N2CCN(C(=O)c3ccco3)CC2)cc1. The molecule has 1 aromatic carbocycles. The van der Waals surface area contributed by atoms with E-state index in [1.165, 1.54) is 11.8 Å². The van der Waals surface area contributed by atoms with Crippen LogP contribution in [-0.4, -0.2) is 60.7 Å². The summed E-state index contributed by atoms with van der Waals surface area (Å²) in [5.41, 5.74) is 1.23. The van der Waals surface area contributed by atoms with E-state index in [4.69, 9.17) is 21.4 Å². The molecule has 0 aliphatic carbocycles. The van der Waals surface area contributed by atoms with E-state index in [1.54, 1.807) is 24.1 Å². The van der Waals surface area contributed by atoms with Gasteiger partial charge >= 0.3 is 0 Å². The van der Waals surface area contributed by atoms with Gasteiger partial charge in [0.1, 0.15) is 5.75 Å². The second-order valence-corrected chi connectivity index (χ2v) is 6.47. The van der Waals surface area contributed by atoms with Crippen molar-refractivity contribution in [1.29, 1.82) is 0 Å². The number of hydrogen-bond acceptors (Lipinski definition) is 4. The highest BCUT2D eigenvalue weighted by Gasteiger charge is 2.24. The van der Waals surface area contributed by atoms with Gasteiger partial charge in [-0.25, -0.2) is 0 Å². The molecule has 6 nitrogen and oxygen atoms in total. The van der Waals surface area contributed by atoms with Crippen molar-refractivity contribution < 1.29 is 13.9 Å². The molecule has 1 saturated heterocycles. The first kappa shape index (κ1) is 18.3. The smallest absolute Gasteiger partial charge is 0.289 e. The lowest BCUT2D eigenvalue weighted by atomic mass is 10.1. The number of rotatable bonds is 5. The Labute approximate surface area is 158 Å². The normalized spacial score (nSPS) is 14.2. The Balaban J connectivity index is 1.40. The second-order valence-electron chi connectivity index (χ2n) is 6.09. The first-order valence-electron chi connectivity index (χ1n) is 8.66. The van der Waals surface area contributed by atoms with Gasteiger partial charge in [0.15, 0.2) is 10.9 Å². The van der Waals surface area contributed by atoms with Gasteiger partial charge in [0, 0.05) is 32.7 Å². The van der Waals surface area contributed by atoms with Crippen LogP contribution in [-0.2, 0) is 6.42 Å². The van der Waals surface area contributed by atoms with Crippen molar-refractivity contribution >= 4 is 23.2 Å². The molecule has 1 amide bonds. The number of thiocarbonyl (C=S) groups is 1. The van der Waals surface area contributed by atoms with E-state index in [1.807, 2.05) is 12.1 Å². The number of benzene rings is 1. The number of furan rings is 1. The van der Waals surface area contributed by atoms with E-state index >= 15 is 0 Å². The van der Waals surface area contributed by atoms with Gasteiger partial charge in [0.05, 0.1) is 13.4 Å². The van der Waals surface area contributed by atoms with Gasteiger partial charge in [-0.05, 0) is 48.5 Å². The topological polar surface area (TPSA) is 58.0 Å². The number of carbonyl (C=O) groups excluding carboxylic acids is 1. The Bertz CT molecular complexity index is 723. The van der Waals surface area contributed by atoms with Crippen molar-refractivity contribution in [2.75, 3.05) is 39.8 Å². The summed E-state index contributed by atoms with van der Waals surface area (Å²) in [6, 6.07) is 11.5. The molecule has 1 fully saturated rings. The highest BCUT2D eigenvalue weighted by atomic mass is 32.1. The van der Waals surface area contributed by atoms with Crippen molar-refractivity contribution in [3.63, 3.8) is 0 Å². The van der Waals surface area contributed by atoms with E-state index in [0.717, 1.165) is 36.9 Å². The van der Waals surface area contributed by atoms with Crippen LogP contribution in [0.25, 0.3) is 0 Å². The average molecular weight is 373 g/mol. The number of nitrogens with zero attached hydrogens (tertiary/aromatic N) is 2. The monoisotopic (exact) mass is 373 g/mol. The molecule has 0 saturated carbocycles. The lowest BCUT2D eigenvalue weighted by molar-refractivity contribution is 0.0659. The molecule has 1 aromatic heterocycles. The quantitative estimate of drug-likeness (QED) is 0.811. The van der Waals surface area contributed by atoms with Crippen LogP contribution in [0.2, 0.25) is 0 Å². The molecule has 2 heterocycles. The van der Waals surface area contributed by atoms with Crippen LogP contribution >= 0.6 is 12.2 Å². The third-order valence-electron chi connectivity index (χ3n) is 4.44. The molecule has 1 aliphatic rings. The van der Waals surface area contributed by atoms with Crippen LogP contribution in [0.15, 0.2) is 47.1 Å². The molecule has 0 unspecified atom stereocenters. The van der Waals surface area contributed by atoms with E-state index in [-0.39, 0.29) is 5.91 Å². The number of nitrogens with one attached hydrogen (secondary N) is 1. The minimum absolute atomic E-state index is 0.0620. The van der Waals surface area contributed by atoms with E-state index in [0.29, 0.717) is 18.8 Å². The Morgan fingerprint density at radius 1 is 1.15 bits per heavy atom. The molecule has 7 heteroatoms. The van der Waals surface area contributed by atoms with Gasteiger partial charge in [-0.1, -0.05) is 12.1 Å². The number of hydrogen-bond donors (Lipinski definition) is 1. The molecular weight excluding hydrogens is 350 g/mol. The van der Waals surface area contributed by atoms with Gasteiger partial charge < -0.3 is 24.3 Å². The van der Waals surface area contributed by atoms with Crippen LogP contribution in [0.3, 0.4) is 0 Å². The number of carbonyl (C=O) groups is 1. The molecular formula is C19H23N3O3S. The zero-order valence-corrected chi connectivity index (χ0v) is 15.6. The number of methoxy groups -OCH3 is 1. The maximum atomic E-state index is 12.3. The fourth-order valence-corrected chi connectivity index (χ4v) is 3.17. The first-order valence-corrected chi connectivity index (χ1v) is 9.06. The van der Waals surface area contributed by atoms with E-state index < -0.39 is 0 Å². The summed E-state index contributed by atoms with van der Waals surface area (Å²) < 4.78 is 10.3. The first-order chi connectivity index (χ1) is 12.7. The zero-order chi connectivity index (χ0) is 18.4. The van der Waals surface area contributed by atoms with Gasteiger partial charge in [-0.2, -0.15) is 0 Å². The van der Waals surface area contributed by atoms with Crippen molar-refractivity contribution in [3.8, 4) is 5.75 Å². The van der Waals surface area contributed by atoms with Crippen molar-refractivity contribution in [3.05, 3.63) is 54.0 Å². The van der Waals surface area contributed by atoms with Gasteiger partial charge in [0.2, 0.25) is 0 Å². The fourth-order valence-electron chi connectivity index (χ4n) is 2.89. The summed E-state index contributed by atoms with van der Waals surface area (Å²) in [4.78, 5) is 16.2. The third kappa shape index (κ3) is 4.54. The highest BCUT2D eigenvalue weighted by Crippen LogP contribution is 2.12. The second kappa shape index (κ2) is 8.71. The minimum Gasteiger partial charge on any atom is -0.497 e. The predicted octanol–water partition coefficient (Wildman–Crippen LogP) is 2.16. The van der Waals surface area contributed by atoms with Crippen LogP contribution in [0.5, 0.6) is 5.75 Å². The molecule has 1 N–H and O–H groups in total. The molecule has 0 spiro atoms. The largest absolute Gasteiger partial charge is 0.497 e. The number of amides is 1. The summed E-state index contributed by atoms with van der Waals surface area (Å²) in [5.74, 6) is 1.19. The Morgan fingerprint density at radius 3 is 2.46 bits per heavy atom. The van der Waals surface area contributed by atoms with Crippen molar-refractivity contribution in [2.45, 2.75) is 6.42 Å². The summed E-state index contributed by atoms with van der Waals surface area (Å²) in [6.45, 7) is 3.50. The molecule has 26 heavy (non-hydrogen) atoms. The van der Waals surface area contributed by atoms with Crippen LogP contribution in [0.4, 0.5) is 0 Å². The van der Waals surface area contributed by atoms with E-state index in [2.05, 4.69) is 22.3 Å². The van der Waals surface area contributed by atoms with Crippen molar-refractivity contribution in [2.24, 2.45) is 0 Å². The highest BCUT2D eigenvalue weighted by molar-refractivity contribution is 7.80. The van der Waals surface area contributed by atoms with E-state index in [9.17, 15) is 4.79 Å². The Kier molecular flexibility index (Phi) is 6.12. The van der Waals surface area contributed by atoms with Crippen LogP contribution in [0, 0.1) is 0 Å². The summed E-state index contributed by atoms with van der Waals surface area (Å²) >= 11 is 5.49. The molecule has 0 atom stereocenters. The standard InChI is InChI=1S/C19H23N3O3S/c1-24-16-6-4-15(5-7-16)8-9-20-19(26)22-12-10-21(11-13-22)18(23)17-3-2-14-25-17/h2-7,14H,8-13H2,1H3,(H,20,26). The van der Waals surface area contributed by atoms with Crippen LogP contribution < -0.4 is 10.1 Å². The molecule has 0 radical (unpaired) electrons. The lowest BCUT2D eigenvalue weighted by Crippen LogP contribution is -2.53. The Morgan fingerprint density at radius 2 is 1.85 bits per heavy atom. The van der Waals surface area contributed by atoms with Crippen molar-refractivity contribution in [1.82, 2.24) is 15.1 Å². The van der Waals surface area contributed by atoms with Crippen LogP contribution in [0.1, 0.15) is 16.1 Å². The van der Waals surface area contributed by atoms with Gasteiger partial charge in [-0.3, -0.25) is 4.79 Å². The lowest BCUT2D eigenvalue weighted by Gasteiger charge is -2.35. The fraction of sp³-hybridized carbons (Fsp3) is 0.368. The average Bonchev–Trinajstić information content (AvgIpc) is 3.23. The molecule has 0 bridgehead atoms. The summed E-state index contributed by atoms with van der Waals surface area (Å²) in [5, 5.41) is 4.04. The third-order valence-corrected chi connectivity index (χ3v) is 4.84. The number of piperazine rings is 1. The maximum absolute atomic E-state index is 12.3. The predicted molar refractivity (Wildman–Crippen MR) is 103 cm³/mol. The molecule has 1 aliphatic heterocycles. The number of ether oxygens (including phenoxy) is 1. The summed E-state index contributed by atoms with van der Waals surface area (Å²) in [6.07, 6.45) is 2.41. The molecule has 3 rings (SSSR count). The maximum Gasteiger partial charge on any atom is 0.289 e.